The van der Waals surface area contributed by atoms with Crippen molar-refractivity contribution in [2.45, 2.75) is 18.7 Å². The highest BCUT2D eigenvalue weighted by Crippen LogP contribution is 2.17. The van der Waals surface area contributed by atoms with Crippen LogP contribution in [-0.4, -0.2) is 36.2 Å². The minimum atomic E-state index is -3.69. The van der Waals surface area contributed by atoms with Gasteiger partial charge in [-0.05, 0) is 49.2 Å². The lowest BCUT2D eigenvalue weighted by molar-refractivity contribution is 0.578. The fraction of sp³-hybridized carbons (Fsp3) is 0.294. The predicted octanol–water partition coefficient (Wildman–Crippen LogP) is 2.05. The minimum absolute atomic E-state index is 0.00687. The van der Waals surface area contributed by atoms with Gasteiger partial charge in [0.25, 0.3) is 0 Å². The Morgan fingerprint density at radius 1 is 0.920 bits per heavy atom. The van der Waals surface area contributed by atoms with Crippen LogP contribution in [0, 0.1) is 13.8 Å². The van der Waals surface area contributed by atoms with Crippen LogP contribution in [0.2, 0.25) is 0 Å². The smallest absolute Gasteiger partial charge is 0.240 e. The van der Waals surface area contributed by atoms with Crippen LogP contribution in [0.15, 0.2) is 53.4 Å². The van der Waals surface area contributed by atoms with E-state index in [1.54, 1.807) is 42.5 Å². The van der Waals surface area contributed by atoms with Crippen LogP contribution in [0.3, 0.4) is 0 Å². The van der Waals surface area contributed by atoms with Gasteiger partial charge < -0.3 is 0 Å². The Kier molecular flexibility index (Phi) is 5.87. The van der Waals surface area contributed by atoms with Crippen molar-refractivity contribution >= 4 is 25.7 Å². The van der Waals surface area contributed by atoms with E-state index in [-0.39, 0.29) is 18.0 Å². The molecule has 0 aliphatic rings. The number of aryl methyl sites for hydroxylation is 2. The lowest BCUT2D eigenvalue weighted by Crippen LogP contribution is -2.38. The highest BCUT2D eigenvalue weighted by Gasteiger charge is 2.19. The van der Waals surface area contributed by atoms with Crippen molar-refractivity contribution < 1.29 is 16.8 Å². The Labute approximate surface area is 149 Å². The number of hydrogen-bond donors (Lipinski definition) is 1. The molecule has 25 heavy (non-hydrogen) atoms. The summed E-state index contributed by atoms with van der Waals surface area (Å²) in [7, 11) is -7.21. The summed E-state index contributed by atoms with van der Waals surface area (Å²) < 4.78 is 52.4. The van der Waals surface area contributed by atoms with Crippen LogP contribution in [0.1, 0.15) is 11.1 Å². The van der Waals surface area contributed by atoms with Gasteiger partial charge in [0.05, 0.1) is 16.8 Å². The Hall–Kier alpha value is -1.90. The van der Waals surface area contributed by atoms with Crippen molar-refractivity contribution in [1.82, 2.24) is 4.72 Å². The molecule has 0 saturated carbocycles. The molecule has 0 amide bonds. The molecule has 0 bridgehead atoms. The highest BCUT2D eigenvalue weighted by atomic mass is 32.2. The maximum atomic E-state index is 12.4. The maximum Gasteiger partial charge on any atom is 0.240 e. The first-order valence-corrected chi connectivity index (χ1v) is 11.0. The summed E-state index contributed by atoms with van der Waals surface area (Å²) in [5.41, 5.74) is 2.38. The first-order chi connectivity index (χ1) is 11.6. The van der Waals surface area contributed by atoms with Crippen LogP contribution in [-0.2, 0) is 20.0 Å². The molecular weight excluding hydrogens is 360 g/mol. The van der Waals surface area contributed by atoms with E-state index < -0.39 is 20.0 Å². The van der Waals surface area contributed by atoms with E-state index in [4.69, 9.17) is 0 Å². The SMILES string of the molecule is Cc1ccc(S(=O)(=O)NCCN(c2ccccc2)S(C)(=O)=O)cc1C. The predicted molar refractivity (Wildman–Crippen MR) is 99.7 cm³/mol. The van der Waals surface area contributed by atoms with E-state index in [1.165, 1.54) is 10.4 Å². The number of rotatable bonds is 7. The first-order valence-electron chi connectivity index (χ1n) is 7.71. The van der Waals surface area contributed by atoms with Crippen molar-refractivity contribution in [1.29, 1.82) is 0 Å². The molecule has 0 aromatic heterocycles. The van der Waals surface area contributed by atoms with Crippen molar-refractivity contribution in [2.24, 2.45) is 0 Å². The Bertz CT molecular complexity index is 940. The molecule has 0 saturated heterocycles. The summed E-state index contributed by atoms with van der Waals surface area (Å²) in [5, 5.41) is 0. The van der Waals surface area contributed by atoms with Crippen molar-refractivity contribution in [3.05, 3.63) is 59.7 Å². The van der Waals surface area contributed by atoms with Gasteiger partial charge in [0.15, 0.2) is 0 Å². The van der Waals surface area contributed by atoms with E-state index in [9.17, 15) is 16.8 Å². The molecule has 0 atom stereocenters. The molecule has 136 valence electrons. The average molecular weight is 383 g/mol. The zero-order valence-corrected chi connectivity index (χ0v) is 16.1. The Morgan fingerprint density at radius 3 is 2.12 bits per heavy atom. The summed E-state index contributed by atoms with van der Waals surface area (Å²) in [5.74, 6) is 0. The zero-order valence-electron chi connectivity index (χ0n) is 14.4. The molecule has 0 aliphatic heterocycles. The molecule has 0 fully saturated rings. The molecule has 0 heterocycles. The maximum absolute atomic E-state index is 12.4. The summed E-state index contributed by atoms with van der Waals surface area (Å²) >= 11 is 0. The molecule has 0 aliphatic carbocycles. The number of hydrogen-bond acceptors (Lipinski definition) is 4. The van der Waals surface area contributed by atoms with Gasteiger partial charge in [0.1, 0.15) is 0 Å². The monoisotopic (exact) mass is 382 g/mol. The highest BCUT2D eigenvalue weighted by molar-refractivity contribution is 7.92. The zero-order chi connectivity index (χ0) is 18.7. The van der Waals surface area contributed by atoms with Gasteiger partial charge >= 0.3 is 0 Å². The van der Waals surface area contributed by atoms with Crippen molar-refractivity contribution in [2.75, 3.05) is 23.7 Å². The molecule has 0 radical (unpaired) electrons. The fourth-order valence-electron chi connectivity index (χ4n) is 2.33. The standard InChI is InChI=1S/C17H22N2O4S2/c1-14-9-10-17(13-15(14)2)25(22,23)18-11-12-19(24(3,20)21)16-7-5-4-6-8-16/h4-10,13,18H,11-12H2,1-3H3. The third kappa shape index (κ3) is 5.04. The van der Waals surface area contributed by atoms with Gasteiger partial charge in [0.2, 0.25) is 20.0 Å². The molecule has 8 heteroatoms. The molecule has 6 nitrogen and oxygen atoms in total. The van der Waals surface area contributed by atoms with Crippen LogP contribution in [0.4, 0.5) is 5.69 Å². The van der Waals surface area contributed by atoms with Gasteiger partial charge in [-0.3, -0.25) is 4.31 Å². The fourth-order valence-corrected chi connectivity index (χ4v) is 4.36. The normalized spacial score (nSPS) is 12.1. The summed E-state index contributed by atoms with van der Waals surface area (Å²) in [6.07, 6.45) is 1.10. The number of benzene rings is 2. The van der Waals surface area contributed by atoms with E-state index in [1.807, 2.05) is 13.8 Å². The minimum Gasteiger partial charge on any atom is -0.269 e. The van der Waals surface area contributed by atoms with Crippen LogP contribution in [0.5, 0.6) is 0 Å². The van der Waals surface area contributed by atoms with Crippen molar-refractivity contribution in [3.8, 4) is 0 Å². The molecule has 2 aromatic carbocycles. The number of nitrogens with zero attached hydrogens (tertiary/aromatic N) is 1. The van der Waals surface area contributed by atoms with Crippen LogP contribution >= 0.6 is 0 Å². The van der Waals surface area contributed by atoms with Gasteiger partial charge in [0, 0.05) is 13.1 Å². The summed E-state index contributed by atoms with van der Waals surface area (Å²) in [4.78, 5) is 0.168. The van der Waals surface area contributed by atoms with Gasteiger partial charge in [-0.25, -0.2) is 21.6 Å². The third-order valence-electron chi connectivity index (χ3n) is 3.84. The molecule has 0 unspecified atom stereocenters. The Morgan fingerprint density at radius 2 is 1.56 bits per heavy atom. The molecule has 2 rings (SSSR count). The van der Waals surface area contributed by atoms with Crippen LogP contribution < -0.4 is 9.03 Å². The number of para-hydroxylation sites is 1. The number of nitrogens with one attached hydrogen (secondary N) is 1. The largest absolute Gasteiger partial charge is 0.269 e. The third-order valence-corrected chi connectivity index (χ3v) is 6.49. The second-order valence-electron chi connectivity index (χ2n) is 5.81. The van der Waals surface area contributed by atoms with E-state index in [0.717, 1.165) is 17.4 Å². The van der Waals surface area contributed by atoms with Crippen molar-refractivity contribution in [3.63, 3.8) is 0 Å². The number of sulfonamides is 2. The average Bonchev–Trinajstić information content (AvgIpc) is 2.53. The van der Waals surface area contributed by atoms with E-state index >= 15 is 0 Å². The molecule has 0 spiro atoms. The molecular formula is C17H22N2O4S2. The van der Waals surface area contributed by atoms with E-state index in [0.29, 0.717) is 5.69 Å². The lowest BCUT2D eigenvalue weighted by Gasteiger charge is -2.22. The summed E-state index contributed by atoms with van der Waals surface area (Å²) in [6.45, 7) is 3.72. The quantitative estimate of drug-likeness (QED) is 0.794. The molecule has 2 aromatic rings. The topological polar surface area (TPSA) is 83.6 Å². The van der Waals surface area contributed by atoms with Gasteiger partial charge in [-0.1, -0.05) is 24.3 Å². The number of anilines is 1. The second kappa shape index (κ2) is 7.55. The molecule has 1 N–H and O–H groups in total. The van der Waals surface area contributed by atoms with Gasteiger partial charge in [-0.2, -0.15) is 0 Å². The van der Waals surface area contributed by atoms with E-state index in [2.05, 4.69) is 4.72 Å². The van der Waals surface area contributed by atoms with Crippen LogP contribution in [0.25, 0.3) is 0 Å². The lowest BCUT2D eigenvalue weighted by atomic mass is 10.1. The van der Waals surface area contributed by atoms with Gasteiger partial charge in [-0.15, -0.1) is 0 Å². The Balaban J connectivity index is 2.12. The first kappa shape index (κ1) is 19.4. The second-order valence-corrected chi connectivity index (χ2v) is 9.49. The summed E-state index contributed by atoms with van der Waals surface area (Å²) in [6, 6.07) is 13.5.